The van der Waals surface area contributed by atoms with Crippen LogP contribution in [-0.4, -0.2) is 0 Å². The molecule has 0 atom stereocenters. The number of nitrogen functional groups attached to an aromatic ring is 1. The van der Waals surface area contributed by atoms with Crippen molar-refractivity contribution in [2.45, 2.75) is 12.8 Å². The van der Waals surface area contributed by atoms with Gasteiger partial charge in [-0.25, -0.2) is 0 Å². The largest absolute Gasteiger partial charge is 0.324 e. The van der Waals surface area contributed by atoms with Gasteiger partial charge in [-0.05, 0) is 24.1 Å². The first kappa shape index (κ1) is 8.37. The molecule has 1 aromatic rings. The maximum absolute atomic E-state index is 5.72. The van der Waals surface area contributed by atoms with Gasteiger partial charge in [0, 0.05) is 5.88 Å². The van der Waals surface area contributed by atoms with Crippen LogP contribution in [0.3, 0.4) is 0 Å². The second-order valence-corrected chi connectivity index (χ2v) is 2.65. The molecule has 0 aromatic heterocycles. The van der Waals surface area contributed by atoms with Gasteiger partial charge in [-0.15, -0.1) is 11.6 Å². The number of benzene rings is 1. The van der Waals surface area contributed by atoms with Gasteiger partial charge >= 0.3 is 0 Å². The van der Waals surface area contributed by atoms with Gasteiger partial charge in [-0.3, -0.25) is 5.84 Å². The fraction of sp³-hybridized carbons (Fsp3) is 0.250. The molecule has 0 bridgehead atoms. The lowest BCUT2D eigenvalue weighted by Gasteiger charge is -2.07. The summed E-state index contributed by atoms with van der Waals surface area (Å²) in [6.07, 6.45) is 0. The number of nitrogens with two attached hydrogens (primary N) is 1. The van der Waals surface area contributed by atoms with E-state index < -0.39 is 0 Å². The van der Waals surface area contributed by atoms with E-state index in [0.29, 0.717) is 5.88 Å². The molecule has 1 aromatic carbocycles. The van der Waals surface area contributed by atoms with Crippen molar-refractivity contribution in [3.05, 3.63) is 29.3 Å². The number of anilines is 1. The Morgan fingerprint density at radius 2 is 2.27 bits per heavy atom. The Kier molecular flexibility index (Phi) is 2.74. The summed E-state index contributed by atoms with van der Waals surface area (Å²) in [5, 5.41) is 0. The van der Waals surface area contributed by atoms with Crippen molar-refractivity contribution in [2.75, 3.05) is 5.43 Å². The summed E-state index contributed by atoms with van der Waals surface area (Å²) in [6.45, 7) is 2.01. The molecule has 3 heteroatoms. The third-order valence-electron chi connectivity index (χ3n) is 1.70. The van der Waals surface area contributed by atoms with E-state index in [-0.39, 0.29) is 0 Å². The molecule has 0 saturated heterocycles. The molecule has 0 aliphatic rings. The Morgan fingerprint density at radius 1 is 1.55 bits per heavy atom. The van der Waals surface area contributed by atoms with Crippen molar-refractivity contribution >= 4 is 17.3 Å². The van der Waals surface area contributed by atoms with Crippen LogP contribution in [-0.2, 0) is 5.88 Å². The Balaban J connectivity index is 3.13. The molecule has 0 spiro atoms. The number of halogens is 1. The van der Waals surface area contributed by atoms with Crippen LogP contribution in [0.2, 0.25) is 0 Å². The maximum Gasteiger partial charge on any atom is 0.0531 e. The summed E-state index contributed by atoms with van der Waals surface area (Å²) < 4.78 is 0. The molecule has 0 aliphatic carbocycles. The average molecular weight is 171 g/mol. The lowest BCUT2D eigenvalue weighted by molar-refractivity contribution is 1.25. The van der Waals surface area contributed by atoms with Crippen LogP contribution in [0.25, 0.3) is 0 Å². The first-order valence-electron chi connectivity index (χ1n) is 3.40. The molecule has 0 amide bonds. The zero-order chi connectivity index (χ0) is 8.27. The van der Waals surface area contributed by atoms with E-state index >= 15 is 0 Å². The highest BCUT2D eigenvalue weighted by molar-refractivity contribution is 6.17. The van der Waals surface area contributed by atoms with Gasteiger partial charge in [0.15, 0.2) is 0 Å². The van der Waals surface area contributed by atoms with Gasteiger partial charge in [-0.1, -0.05) is 12.1 Å². The van der Waals surface area contributed by atoms with Crippen LogP contribution in [0.15, 0.2) is 18.2 Å². The SMILES string of the molecule is Cc1cccc(NN)c1CCl. The van der Waals surface area contributed by atoms with Gasteiger partial charge in [0.2, 0.25) is 0 Å². The molecule has 11 heavy (non-hydrogen) atoms. The van der Waals surface area contributed by atoms with Crippen molar-refractivity contribution in [3.8, 4) is 0 Å². The molecule has 60 valence electrons. The standard InChI is InChI=1S/C8H11ClN2/c1-6-3-2-4-8(11-10)7(6)5-9/h2-4,11H,5,10H2,1H3. The Labute approximate surface area is 71.3 Å². The van der Waals surface area contributed by atoms with Crippen molar-refractivity contribution in [1.29, 1.82) is 0 Å². The topological polar surface area (TPSA) is 38.0 Å². The predicted molar refractivity (Wildman–Crippen MR) is 48.5 cm³/mol. The van der Waals surface area contributed by atoms with E-state index in [4.69, 9.17) is 17.4 Å². The number of aryl methyl sites for hydroxylation is 1. The van der Waals surface area contributed by atoms with E-state index in [1.54, 1.807) is 0 Å². The lowest BCUT2D eigenvalue weighted by Crippen LogP contribution is -2.09. The van der Waals surface area contributed by atoms with E-state index in [2.05, 4.69) is 5.43 Å². The minimum absolute atomic E-state index is 0.492. The zero-order valence-corrected chi connectivity index (χ0v) is 7.15. The van der Waals surface area contributed by atoms with Crippen molar-refractivity contribution < 1.29 is 0 Å². The number of hydrogen-bond donors (Lipinski definition) is 2. The Hall–Kier alpha value is -0.730. The fourth-order valence-electron chi connectivity index (χ4n) is 1.01. The summed E-state index contributed by atoms with van der Waals surface area (Å²) in [5.41, 5.74) is 5.73. The smallest absolute Gasteiger partial charge is 0.0531 e. The summed E-state index contributed by atoms with van der Waals surface area (Å²) in [4.78, 5) is 0. The normalized spacial score (nSPS) is 9.73. The van der Waals surface area contributed by atoms with Gasteiger partial charge in [0.1, 0.15) is 0 Å². The number of rotatable bonds is 2. The summed E-state index contributed by atoms with van der Waals surface area (Å²) in [5.74, 6) is 5.78. The zero-order valence-electron chi connectivity index (χ0n) is 6.39. The van der Waals surface area contributed by atoms with Crippen molar-refractivity contribution in [2.24, 2.45) is 5.84 Å². The van der Waals surface area contributed by atoms with Crippen LogP contribution in [0, 0.1) is 6.92 Å². The second kappa shape index (κ2) is 3.60. The highest BCUT2D eigenvalue weighted by Crippen LogP contribution is 2.19. The number of hydrazine groups is 1. The van der Waals surface area contributed by atoms with E-state index in [1.165, 1.54) is 0 Å². The first-order valence-corrected chi connectivity index (χ1v) is 3.94. The Morgan fingerprint density at radius 3 is 2.73 bits per heavy atom. The highest BCUT2D eigenvalue weighted by atomic mass is 35.5. The molecule has 2 nitrogen and oxygen atoms in total. The van der Waals surface area contributed by atoms with Gasteiger partial charge < -0.3 is 5.43 Å². The molecule has 0 fully saturated rings. The molecule has 0 unspecified atom stereocenters. The van der Waals surface area contributed by atoms with Crippen LogP contribution in [0.1, 0.15) is 11.1 Å². The summed E-state index contributed by atoms with van der Waals surface area (Å²) >= 11 is 5.72. The minimum atomic E-state index is 0.492. The van der Waals surface area contributed by atoms with Crippen LogP contribution in [0.4, 0.5) is 5.69 Å². The predicted octanol–water partition coefficient (Wildman–Crippen LogP) is 2.02. The maximum atomic E-state index is 5.72. The molecule has 0 saturated carbocycles. The molecular weight excluding hydrogens is 160 g/mol. The monoisotopic (exact) mass is 170 g/mol. The lowest BCUT2D eigenvalue weighted by atomic mass is 10.1. The van der Waals surface area contributed by atoms with Gasteiger partial charge in [0.25, 0.3) is 0 Å². The van der Waals surface area contributed by atoms with Gasteiger partial charge in [0.05, 0.1) is 5.69 Å². The highest BCUT2D eigenvalue weighted by Gasteiger charge is 2.01. The molecule has 1 rings (SSSR count). The van der Waals surface area contributed by atoms with E-state index in [0.717, 1.165) is 16.8 Å². The van der Waals surface area contributed by atoms with Crippen LogP contribution >= 0.6 is 11.6 Å². The average Bonchev–Trinajstić information content (AvgIpc) is 2.04. The molecule has 3 N–H and O–H groups in total. The van der Waals surface area contributed by atoms with Gasteiger partial charge in [-0.2, -0.15) is 0 Å². The third kappa shape index (κ3) is 1.64. The van der Waals surface area contributed by atoms with Crippen molar-refractivity contribution in [1.82, 2.24) is 0 Å². The van der Waals surface area contributed by atoms with E-state index in [9.17, 15) is 0 Å². The third-order valence-corrected chi connectivity index (χ3v) is 1.97. The quantitative estimate of drug-likeness (QED) is 0.405. The molecule has 0 heterocycles. The number of alkyl halides is 1. The number of nitrogens with one attached hydrogen (secondary N) is 1. The molecule has 0 radical (unpaired) electrons. The van der Waals surface area contributed by atoms with E-state index in [1.807, 2.05) is 25.1 Å². The fourth-order valence-corrected chi connectivity index (χ4v) is 1.37. The molecular formula is C8H11ClN2. The second-order valence-electron chi connectivity index (χ2n) is 2.38. The first-order chi connectivity index (χ1) is 5.29. The van der Waals surface area contributed by atoms with Crippen LogP contribution < -0.4 is 11.3 Å². The molecule has 0 aliphatic heterocycles. The summed E-state index contributed by atoms with van der Waals surface area (Å²) in [7, 11) is 0. The Bertz CT molecular complexity index is 248. The number of hydrogen-bond acceptors (Lipinski definition) is 2. The van der Waals surface area contributed by atoms with Crippen LogP contribution in [0.5, 0.6) is 0 Å². The van der Waals surface area contributed by atoms with Crippen molar-refractivity contribution in [3.63, 3.8) is 0 Å². The summed E-state index contributed by atoms with van der Waals surface area (Å²) in [6, 6.07) is 5.86. The minimum Gasteiger partial charge on any atom is -0.324 e.